The molecule has 0 fully saturated rings. The first-order chi connectivity index (χ1) is 2.41. The second kappa shape index (κ2) is 20.2. The van der Waals surface area contributed by atoms with Crippen LogP contribution in [0.25, 0.3) is 0 Å². The Labute approximate surface area is 44.1 Å². The Kier molecular flexibility index (Phi) is 37.8. The van der Waals surface area contributed by atoms with E-state index in [-0.39, 0.29) is 0 Å². The quantitative estimate of drug-likeness (QED) is 0.460. The van der Waals surface area contributed by atoms with E-state index in [4.69, 9.17) is 0 Å². The highest BCUT2D eigenvalue weighted by atomic mass is 35.6. The van der Waals surface area contributed by atoms with Crippen LogP contribution in [0, 0.1) is 0 Å². The van der Waals surface area contributed by atoms with Crippen LogP contribution in [0.2, 0.25) is 0 Å². The third-order valence-corrected chi connectivity index (χ3v) is 0. The summed E-state index contributed by atoms with van der Waals surface area (Å²) >= 11 is 8.53. The van der Waals surface area contributed by atoms with Crippen LogP contribution < -0.4 is 0 Å². The Bertz CT molecular complexity index is 9.61. The molecule has 0 aromatic heterocycles. The Morgan fingerprint density at radius 2 is 1.40 bits per heavy atom. The third kappa shape index (κ3) is 46.6. The highest BCUT2D eigenvalue weighted by Gasteiger charge is 1.38. The van der Waals surface area contributed by atoms with Gasteiger partial charge in [-0.05, 0) is 0 Å². The molecule has 0 aromatic carbocycles. The summed E-state index contributed by atoms with van der Waals surface area (Å²) in [6.45, 7) is 1.92. The van der Waals surface area contributed by atoms with Gasteiger partial charge in [0.1, 0.15) is 0 Å². The molecule has 5 heavy (non-hydrogen) atoms. The van der Waals surface area contributed by atoms with E-state index in [0.29, 0.717) is 0 Å². The molecule has 0 aromatic rings. The average molecular weight is 135 g/mol. The molecule has 0 saturated carbocycles. The van der Waals surface area contributed by atoms with Crippen LogP contribution in [0.1, 0.15) is 0 Å². The fourth-order valence-electron chi connectivity index (χ4n) is 0. The zero-order valence-electron chi connectivity index (χ0n) is 2.74. The normalized spacial score (nSPS) is 4.80. The van der Waals surface area contributed by atoms with Gasteiger partial charge in [0.2, 0.25) is 0 Å². The van der Waals surface area contributed by atoms with Crippen LogP contribution in [0.5, 0.6) is 0 Å². The molecule has 0 heterocycles. The summed E-state index contributed by atoms with van der Waals surface area (Å²) in [7, 11) is 2.42. The summed E-state index contributed by atoms with van der Waals surface area (Å²) in [6, 6.07) is 0. The standard InChI is InChI=1S/CH5P.Cl2O/c1-2;1-3-2/h2H2,1H3;. The zero-order valence-corrected chi connectivity index (χ0v) is 5.41. The van der Waals surface area contributed by atoms with Crippen LogP contribution >= 0.6 is 33.0 Å². The van der Waals surface area contributed by atoms with E-state index in [1.807, 2.05) is 6.66 Å². The van der Waals surface area contributed by atoms with Crippen molar-refractivity contribution in [1.82, 2.24) is 0 Å². The van der Waals surface area contributed by atoms with E-state index < -0.39 is 0 Å². The van der Waals surface area contributed by atoms with Gasteiger partial charge in [0.05, 0.1) is 23.7 Å². The van der Waals surface area contributed by atoms with Crippen molar-refractivity contribution in [2.75, 3.05) is 6.66 Å². The molecule has 1 nitrogen and oxygen atoms in total. The maximum atomic E-state index is 4.26. The Hall–Kier alpha value is 0.970. The van der Waals surface area contributed by atoms with Gasteiger partial charge >= 0.3 is 0 Å². The number of rotatable bonds is 0. The smallest absolute Gasteiger partial charge is 0.0832 e. The molecule has 0 amide bonds. The van der Waals surface area contributed by atoms with Gasteiger partial charge < -0.3 is 0 Å². The first-order valence-electron chi connectivity index (χ1n) is 0.886. The summed E-state index contributed by atoms with van der Waals surface area (Å²) in [5.41, 5.74) is 0. The van der Waals surface area contributed by atoms with Gasteiger partial charge in [-0.15, -0.1) is 9.24 Å². The maximum Gasteiger partial charge on any atom is 0.0832 e. The van der Waals surface area contributed by atoms with Gasteiger partial charge in [-0.2, -0.15) is 3.84 Å². The van der Waals surface area contributed by atoms with Gasteiger partial charge in [-0.3, -0.25) is 0 Å². The summed E-state index contributed by atoms with van der Waals surface area (Å²) in [5.74, 6) is 0. The van der Waals surface area contributed by atoms with Crippen molar-refractivity contribution in [2.24, 2.45) is 0 Å². The van der Waals surface area contributed by atoms with E-state index in [1.165, 1.54) is 0 Å². The molecule has 1 unspecified atom stereocenters. The molecule has 0 spiro atoms. The van der Waals surface area contributed by atoms with E-state index >= 15 is 0 Å². The largest absolute Gasteiger partial charge is 0.166 e. The monoisotopic (exact) mass is 134 g/mol. The van der Waals surface area contributed by atoms with Crippen LogP contribution in [0.15, 0.2) is 0 Å². The van der Waals surface area contributed by atoms with Crippen molar-refractivity contribution in [1.29, 1.82) is 0 Å². The molecule has 4 heteroatoms. The van der Waals surface area contributed by atoms with Crippen LogP contribution in [-0.2, 0) is 3.84 Å². The minimum absolute atomic E-state index is 1.92. The highest BCUT2D eigenvalue weighted by Crippen LogP contribution is 1.78. The topological polar surface area (TPSA) is 9.23 Å². The van der Waals surface area contributed by atoms with E-state index in [0.717, 1.165) is 0 Å². The van der Waals surface area contributed by atoms with E-state index in [2.05, 4.69) is 36.8 Å². The van der Waals surface area contributed by atoms with Crippen LogP contribution in [0.3, 0.4) is 0 Å². The molecule has 0 aliphatic carbocycles. The highest BCUT2D eigenvalue weighted by molar-refractivity contribution is 7.15. The molecular formula is CH5Cl2OP. The molecule has 34 valence electrons. The predicted molar refractivity (Wildman–Crippen MR) is 28.4 cm³/mol. The SMILES string of the molecule is CP.ClOCl. The molecule has 0 bridgehead atoms. The second-order valence-corrected chi connectivity index (χ2v) is 0.525. The lowest BCUT2D eigenvalue weighted by molar-refractivity contribution is 0.697. The summed E-state index contributed by atoms with van der Waals surface area (Å²) in [5, 5.41) is 0. The Balaban J connectivity index is 0. The van der Waals surface area contributed by atoms with Gasteiger partial charge in [-0.25, -0.2) is 0 Å². The Morgan fingerprint density at radius 1 is 1.40 bits per heavy atom. The average Bonchev–Trinajstić information content (AvgIpc) is 1.46. The van der Waals surface area contributed by atoms with Crippen LogP contribution in [-0.4, -0.2) is 6.66 Å². The van der Waals surface area contributed by atoms with Crippen LogP contribution in [0.4, 0.5) is 0 Å². The minimum atomic E-state index is 1.92. The molecule has 0 aliphatic heterocycles. The first-order valence-corrected chi connectivity index (χ1v) is 2.66. The Morgan fingerprint density at radius 3 is 1.40 bits per heavy atom. The van der Waals surface area contributed by atoms with Crippen molar-refractivity contribution in [2.45, 2.75) is 0 Å². The number of halogens is 2. The molecule has 1 atom stereocenters. The molecule has 0 radical (unpaired) electrons. The van der Waals surface area contributed by atoms with E-state index in [1.54, 1.807) is 0 Å². The third-order valence-electron chi connectivity index (χ3n) is 0. The fourth-order valence-corrected chi connectivity index (χ4v) is 0. The molecule has 0 N–H and O–H groups in total. The van der Waals surface area contributed by atoms with Gasteiger partial charge in [0.25, 0.3) is 0 Å². The minimum Gasteiger partial charge on any atom is -0.166 e. The summed E-state index contributed by atoms with van der Waals surface area (Å²) in [6.07, 6.45) is 0. The first kappa shape index (κ1) is 9.36. The molecule has 0 aliphatic rings. The summed E-state index contributed by atoms with van der Waals surface area (Å²) < 4.78 is 3.19. The van der Waals surface area contributed by atoms with E-state index in [9.17, 15) is 0 Å². The zero-order chi connectivity index (χ0) is 4.71. The van der Waals surface area contributed by atoms with Crippen molar-refractivity contribution in [3.8, 4) is 0 Å². The lowest BCUT2D eigenvalue weighted by Gasteiger charge is -1.46. The van der Waals surface area contributed by atoms with Gasteiger partial charge in [-0.1, -0.05) is 6.66 Å². The number of hydrogen-bond donors (Lipinski definition) is 0. The van der Waals surface area contributed by atoms with Crippen molar-refractivity contribution >= 4 is 33.0 Å². The summed E-state index contributed by atoms with van der Waals surface area (Å²) in [4.78, 5) is 0. The lowest BCUT2D eigenvalue weighted by Crippen LogP contribution is -1.15. The lowest BCUT2D eigenvalue weighted by atomic mass is 12.0. The van der Waals surface area contributed by atoms with Crippen molar-refractivity contribution in [3.63, 3.8) is 0 Å². The predicted octanol–water partition coefficient (Wildman–Crippen LogP) is 1.80. The van der Waals surface area contributed by atoms with Crippen molar-refractivity contribution < 1.29 is 3.84 Å². The number of hydrogen-bond acceptors (Lipinski definition) is 1. The maximum absolute atomic E-state index is 4.26. The second-order valence-electron chi connectivity index (χ2n) is 0.0583. The molecular weight excluding hydrogens is 130 g/mol. The fraction of sp³-hybridized carbons (Fsp3) is 1.00. The molecule has 0 saturated heterocycles. The van der Waals surface area contributed by atoms with Gasteiger partial charge in [0.15, 0.2) is 0 Å². The molecule has 0 rings (SSSR count). The van der Waals surface area contributed by atoms with Crippen molar-refractivity contribution in [3.05, 3.63) is 0 Å². The van der Waals surface area contributed by atoms with Gasteiger partial charge in [0, 0.05) is 0 Å².